The average Bonchev–Trinajstić information content (AvgIpc) is 3.04. The smallest absolute Gasteiger partial charge is 0.326 e. The summed E-state index contributed by atoms with van der Waals surface area (Å²) in [5.41, 5.74) is 0.0252. The Hall–Kier alpha value is -2.92. The summed E-state index contributed by atoms with van der Waals surface area (Å²) in [7, 11) is -3.42. The summed E-state index contributed by atoms with van der Waals surface area (Å²) in [4.78, 5) is 28.6. The fraction of sp³-hybridized carbons (Fsp3) is 0.250. The fourth-order valence-electron chi connectivity index (χ4n) is 2.82. The Morgan fingerprint density at radius 1 is 1.13 bits per heavy atom. The van der Waals surface area contributed by atoms with E-state index in [2.05, 4.69) is 4.99 Å². The lowest BCUT2D eigenvalue weighted by molar-refractivity contribution is -0.143. The molecule has 31 heavy (non-hydrogen) atoms. The lowest BCUT2D eigenvalue weighted by Crippen LogP contribution is -2.23. The highest BCUT2D eigenvalue weighted by atomic mass is 32.2. The summed E-state index contributed by atoms with van der Waals surface area (Å²) < 4.78 is 58.1. The van der Waals surface area contributed by atoms with Gasteiger partial charge in [-0.2, -0.15) is 4.99 Å². The van der Waals surface area contributed by atoms with Crippen molar-refractivity contribution in [3.8, 4) is 0 Å². The molecule has 0 aliphatic carbocycles. The number of rotatable bonds is 6. The highest BCUT2D eigenvalue weighted by molar-refractivity contribution is 7.91. The molecule has 0 bridgehead atoms. The van der Waals surface area contributed by atoms with Gasteiger partial charge in [0.15, 0.2) is 20.5 Å². The van der Waals surface area contributed by atoms with E-state index in [1.807, 2.05) is 0 Å². The van der Waals surface area contributed by atoms with Crippen LogP contribution < -0.4 is 4.80 Å². The lowest BCUT2D eigenvalue weighted by Gasteiger charge is -2.06. The van der Waals surface area contributed by atoms with Crippen LogP contribution >= 0.6 is 11.3 Å². The Morgan fingerprint density at radius 3 is 2.42 bits per heavy atom. The molecule has 0 N–H and O–H groups in total. The van der Waals surface area contributed by atoms with Crippen molar-refractivity contribution < 1.29 is 31.5 Å². The van der Waals surface area contributed by atoms with Crippen molar-refractivity contribution in [1.29, 1.82) is 0 Å². The first-order chi connectivity index (χ1) is 14.7. The molecule has 0 saturated carbocycles. The van der Waals surface area contributed by atoms with Gasteiger partial charge in [-0.1, -0.05) is 18.3 Å². The number of carbonyl (C=O) groups is 2. The summed E-state index contributed by atoms with van der Waals surface area (Å²) in [5, 5.41) is 0. The number of aromatic nitrogens is 1. The molecule has 0 radical (unpaired) electrons. The number of hydrogen-bond acceptors (Lipinski definition) is 6. The van der Waals surface area contributed by atoms with E-state index < -0.39 is 39.9 Å². The third-order valence-electron chi connectivity index (χ3n) is 4.33. The van der Waals surface area contributed by atoms with Gasteiger partial charge in [-0.15, -0.1) is 0 Å². The molecular formula is C20H18F2N2O5S2. The zero-order chi connectivity index (χ0) is 22.8. The molecule has 164 valence electrons. The van der Waals surface area contributed by atoms with Gasteiger partial charge in [0, 0.05) is 11.6 Å². The zero-order valence-electron chi connectivity index (χ0n) is 16.6. The number of sulfone groups is 1. The van der Waals surface area contributed by atoms with Crippen molar-refractivity contribution in [3.63, 3.8) is 0 Å². The summed E-state index contributed by atoms with van der Waals surface area (Å²) >= 11 is 0.838. The first kappa shape index (κ1) is 22.8. The fourth-order valence-corrected chi connectivity index (χ4v) is 4.77. The number of fused-ring (bicyclic) bond motifs is 1. The first-order valence-electron chi connectivity index (χ1n) is 9.22. The van der Waals surface area contributed by atoms with Gasteiger partial charge in [0.25, 0.3) is 5.91 Å². The minimum Gasteiger partial charge on any atom is -0.465 e. The van der Waals surface area contributed by atoms with E-state index in [0.717, 1.165) is 22.0 Å². The summed E-state index contributed by atoms with van der Waals surface area (Å²) in [6, 6.07) is 6.99. The molecule has 0 aliphatic rings. The van der Waals surface area contributed by atoms with Gasteiger partial charge in [0.2, 0.25) is 0 Å². The maximum atomic E-state index is 14.4. The van der Waals surface area contributed by atoms with Gasteiger partial charge in [0.1, 0.15) is 12.4 Å². The Balaban J connectivity index is 2.09. The van der Waals surface area contributed by atoms with E-state index in [4.69, 9.17) is 4.74 Å². The SMILES string of the molecule is CCOC(=O)Cn1c(=NC(=O)c2ccc(S(=O)(=O)CC)cc2)sc2cc(F)cc(F)c21. The Bertz CT molecular complexity index is 1330. The average molecular weight is 469 g/mol. The number of nitrogens with zero attached hydrogens (tertiary/aromatic N) is 2. The molecule has 7 nitrogen and oxygen atoms in total. The van der Waals surface area contributed by atoms with Crippen molar-refractivity contribution in [3.05, 3.63) is 58.4 Å². The monoisotopic (exact) mass is 468 g/mol. The molecule has 3 aromatic rings. The van der Waals surface area contributed by atoms with Crippen LogP contribution in [0, 0.1) is 11.6 Å². The van der Waals surface area contributed by atoms with E-state index in [0.29, 0.717) is 6.07 Å². The van der Waals surface area contributed by atoms with E-state index in [-0.39, 0.29) is 37.8 Å². The molecule has 1 amide bonds. The van der Waals surface area contributed by atoms with E-state index in [1.165, 1.54) is 31.2 Å². The predicted molar refractivity (Wildman–Crippen MR) is 110 cm³/mol. The van der Waals surface area contributed by atoms with Crippen LogP contribution in [0.5, 0.6) is 0 Å². The first-order valence-corrected chi connectivity index (χ1v) is 11.7. The van der Waals surface area contributed by atoms with E-state index >= 15 is 0 Å². The highest BCUT2D eigenvalue weighted by Gasteiger charge is 2.18. The molecule has 0 aliphatic heterocycles. The molecule has 0 spiro atoms. The maximum absolute atomic E-state index is 14.4. The molecule has 1 aromatic heterocycles. The van der Waals surface area contributed by atoms with Gasteiger partial charge in [0.05, 0.1) is 27.5 Å². The molecule has 3 rings (SSSR count). The van der Waals surface area contributed by atoms with Crippen LogP contribution in [0.25, 0.3) is 10.2 Å². The number of hydrogen-bond donors (Lipinski definition) is 0. The standard InChI is InChI=1S/C20H18F2N2O5S2/c1-3-29-17(25)11-24-18-15(22)9-13(21)10-16(18)30-20(24)23-19(26)12-5-7-14(8-6-12)31(27,28)4-2/h5-10H,3-4,11H2,1-2H3. The Labute approximate surface area is 180 Å². The molecule has 2 aromatic carbocycles. The van der Waals surface area contributed by atoms with E-state index in [1.54, 1.807) is 6.92 Å². The van der Waals surface area contributed by atoms with Crippen molar-refractivity contribution in [2.75, 3.05) is 12.4 Å². The normalized spacial score (nSPS) is 12.3. The number of benzene rings is 2. The molecule has 1 heterocycles. The molecule has 0 fully saturated rings. The molecule has 11 heteroatoms. The molecule has 0 atom stereocenters. The van der Waals surface area contributed by atoms with Crippen molar-refractivity contribution >= 4 is 43.3 Å². The number of esters is 1. The second-order valence-corrected chi connectivity index (χ2v) is 9.64. The minimum atomic E-state index is -3.42. The molecular weight excluding hydrogens is 450 g/mol. The quantitative estimate of drug-likeness (QED) is 0.518. The van der Waals surface area contributed by atoms with Gasteiger partial charge < -0.3 is 9.30 Å². The second kappa shape index (κ2) is 9.06. The number of carbonyl (C=O) groups excluding carboxylic acids is 2. The lowest BCUT2D eigenvalue weighted by atomic mass is 10.2. The second-order valence-electron chi connectivity index (χ2n) is 6.35. The van der Waals surface area contributed by atoms with Crippen LogP contribution in [-0.2, 0) is 25.9 Å². The number of amides is 1. The van der Waals surface area contributed by atoms with E-state index in [9.17, 15) is 26.8 Å². The van der Waals surface area contributed by atoms with Gasteiger partial charge in [-0.25, -0.2) is 17.2 Å². The summed E-state index contributed by atoms with van der Waals surface area (Å²) in [6.07, 6.45) is 0. The van der Waals surface area contributed by atoms with Gasteiger partial charge in [-0.05, 0) is 37.3 Å². The number of thiazole rings is 1. The zero-order valence-corrected chi connectivity index (χ0v) is 18.2. The minimum absolute atomic E-state index is 0.0252. The largest absolute Gasteiger partial charge is 0.465 e. The van der Waals surface area contributed by atoms with Crippen LogP contribution in [0.4, 0.5) is 8.78 Å². The van der Waals surface area contributed by atoms with Gasteiger partial charge >= 0.3 is 5.97 Å². The van der Waals surface area contributed by atoms with Crippen LogP contribution in [0.1, 0.15) is 24.2 Å². The third-order valence-corrected chi connectivity index (χ3v) is 7.10. The van der Waals surface area contributed by atoms with Crippen LogP contribution in [0.3, 0.4) is 0 Å². The maximum Gasteiger partial charge on any atom is 0.326 e. The van der Waals surface area contributed by atoms with Gasteiger partial charge in [-0.3, -0.25) is 9.59 Å². The van der Waals surface area contributed by atoms with Crippen molar-refractivity contribution in [2.24, 2.45) is 4.99 Å². The topological polar surface area (TPSA) is 94.8 Å². The van der Waals surface area contributed by atoms with Crippen LogP contribution in [0.15, 0.2) is 46.3 Å². The Kier molecular flexibility index (Phi) is 6.65. The van der Waals surface area contributed by atoms with Crippen LogP contribution in [-0.4, -0.2) is 37.2 Å². The Morgan fingerprint density at radius 2 is 1.81 bits per heavy atom. The van der Waals surface area contributed by atoms with Crippen LogP contribution in [0.2, 0.25) is 0 Å². The van der Waals surface area contributed by atoms with Crippen molar-refractivity contribution in [1.82, 2.24) is 4.57 Å². The predicted octanol–water partition coefficient (Wildman–Crippen LogP) is 3.08. The summed E-state index contributed by atoms with van der Waals surface area (Å²) in [5.74, 6) is -3.19. The molecule has 0 unspecified atom stereocenters. The summed E-state index contributed by atoms with van der Waals surface area (Å²) in [6.45, 7) is 2.81. The van der Waals surface area contributed by atoms with Crippen molar-refractivity contribution in [2.45, 2.75) is 25.3 Å². The molecule has 0 saturated heterocycles. The third kappa shape index (κ3) is 4.88. The highest BCUT2D eigenvalue weighted by Crippen LogP contribution is 2.22. The number of halogens is 2. The number of ether oxygens (including phenoxy) is 1.